The number of hydrogen-bond acceptors (Lipinski definition) is 5. The Bertz CT molecular complexity index is 479. The number of carboxylic acids is 1. The van der Waals surface area contributed by atoms with Crippen molar-refractivity contribution in [2.24, 2.45) is 5.73 Å². The summed E-state index contributed by atoms with van der Waals surface area (Å²) in [6, 6.07) is 3.02. The van der Waals surface area contributed by atoms with Gasteiger partial charge in [0.25, 0.3) is 0 Å². The molecule has 6 nitrogen and oxygen atoms in total. The van der Waals surface area contributed by atoms with Gasteiger partial charge in [-0.25, -0.2) is 4.79 Å². The summed E-state index contributed by atoms with van der Waals surface area (Å²) >= 11 is 1.58. The molecule has 0 radical (unpaired) electrons. The summed E-state index contributed by atoms with van der Waals surface area (Å²) < 4.78 is 0. The highest BCUT2D eigenvalue weighted by atomic mass is 32.2. The van der Waals surface area contributed by atoms with Gasteiger partial charge in [-0.2, -0.15) is 11.8 Å². The number of benzene rings is 1. The molecule has 0 saturated carbocycles. The van der Waals surface area contributed by atoms with Crippen molar-refractivity contribution in [2.45, 2.75) is 12.5 Å². The molecule has 7 heteroatoms. The number of amides is 1. The Morgan fingerprint density at radius 3 is 2.74 bits per heavy atom. The van der Waals surface area contributed by atoms with E-state index in [0.717, 1.165) is 11.8 Å². The zero-order chi connectivity index (χ0) is 14.4. The average Bonchev–Trinajstić information content (AvgIpc) is 2.37. The zero-order valence-electron chi connectivity index (χ0n) is 10.4. The number of carboxylic acid groups (broad SMARTS) is 1. The average molecular weight is 284 g/mol. The number of nitrogens with two attached hydrogens (primary N) is 1. The molecule has 0 heterocycles. The number of thioether (sulfide) groups is 1. The summed E-state index contributed by atoms with van der Waals surface area (Å²) in [6.45, 7) is 0. The van der Waals surface area contributed by atoms with Crippen LogP contribution >= 0.6 is 11.8 Å². The summed E-state index contributed by atoms with van der Waals surface area (Å²) in [4.78, 5) is 22.8. The number of phenolic OH excluding ortho intramolecular Hbond substituents is 1. The van der Waals surface area contributed by atoms with E-state index in [0.29, 0.717) is 6.42 Å². The Labute approximate surface area is 115 Å². The van der Waals surface area contributed by atoms with Gasteiger partial charge >= 0.3 is 5.97 Å². The van der Waals surface area contributed by atoms with Gasteiger partial charge in [-0.15, -0.1) is 0 Å². The van der Waals surface area contributed by atoms with Gasteiger partial charge in [-0.1, -0.05) is 0 Å². The maximum Gasteiger partial charge on any atom is 0.337 e. The summed E-state index contributed by atoms with van der Waals surface area (Å²) in [6.07, 6.45) is 2.42. The van der Waals surface area contributed by atoms with Crippen LogP contribution in [0.2, 0.25) is 0 Å². The molecule has 0 bridgehead atoms. The van der Waals surface area contributed by atoms with Crippen molar-refractivity contribution in [3.8, 4) is 5.75 Å². The van der Waals surface area contributed by atoms with E-state index in [4.69, 9.17) is 10.8 Å². The third-order valence-electron chi connectivity index (χ3n) is 2.46. The maximum atomic E-state index is 11.8. The van der Waals surface area contributed by atoms with Crippen LogP contribution in [0.3, 0.4) is 0 Å². The molecule has 0 aliphatic rings. The number of anilines is 1. The van der Waals surface area contributed by atoms with Crippen LogP contribution in [-0.2, 0) is 4.79 Å². The number of hydrogen-bond donors (Lipinski definition) is 4. The maximum absolute atomic E-state index is 11.8. The fourth-order valence-electron chi connectivity index (χ4n) is 1.42. The van der Waals surface area contributed by atoms with Crippen molar-refractivity contribution < 1.29 is 19.8 Å². The fourth-order valence-corrected chi connectivity index (χ4v) is 1.91. The normalized spacial score (nSPS) is 11.9. The van der Waals surface area contributed by atoms with Crippen molar-refractivity contribution in [3.05, 3.63) is 23.8 Å². The molecule has 0 spiro atoms. The van der Waals surface area contributed by atoms with E-state index in [1.54, 1.807) is 11.8 Å². The molecule has 5 N–H and O–H groups in total. The van der Waals surface area contributed by atoms with E-state index in [1.807, 2.05) is 6.26 Å². The summed E-state index contributed by atoms with van der Waals surface area (Å²) in [5, 5.41) is 20.7. The Morgan fingerprint density at radius 2 is 2.16 bits per heavy atom. The summed E-state index contributed by atoms with van der Waals surface area (Å²) in [7, 11) is 0. The smallest absolute Gasteiger partial charge is 0.337 e. The SMILES string of the molecule is CSCC[C@H](N)C(=O)Nc1ccc(O)cc1C(=O)O. The predicted octanol–water partition coefficient (Wildman–Crippen LogP) is 1.11. The van der Waals surface area contributed by atoms with Gasteiger partial charge in [0.05, 0.1) is 17.3 Å². The van der Waals surface area contributed by atoms with Gasteiger partial charge in [0.2, 0.25) is 5.91 Å². The van der Waals surface area contributed by atoms with Crippen molar-refractivity contribution in [2.75, 3.05) is 17.3 Å². The van der Waals surface area contributed by atoms with Gasteiger partial charge in [0.15, 0.2) is 0 Å². The Balaban J connectivity index is 2.81. The van der Waals surface area contributed by atoms with Crippen LogP contribution in [0.5, 0.6) is 5.75 Å². The second kappa shape index (κ2) is 7.01. The van der Waals surface area contributed by atoms with Gasteiger partial charge in [-0.05, 0) is 36.6 Å². The lowest BCUT2D eigenvalue weighted by Crippen LogP contribution is -2.36. The first-order valence-electron chi connectivity index (χ1n) is 5.57. The molecular weight excluding hydrogens is 268 g/mol. The Kier molecular flexibility index (Phi) is 5.65. The van der Waals surface area contributed by atoms with Crippen molar-refractivity contribution >= 4 is 29.3 Å². The first-order chi connectivity index (χ1) is 8.95. The van der Waals surface area contributed by atoms with Gasteiger partial charge in [-0.3, -0.25) is 4.79 Å². The van der Waals surface area contributed by atoms with E-state index in [2.05, 4.69) is 5.32 Å². The van der Waals surface area contributed by atoms with Gasteiger partial charge in [0, 0.05) is 0 Å². The van der Waals surface area contributed by atoms with Crippen LogP contribution in [0.1, 0.15) is 16.8 Å². The predicted molar refractivity (Wildman–Crippen MR) is 74.7 cm³/mol. The first-order valence-corrected chi connectivity index (χ1v) is 6.96. The molecule has 1 aromatic carbocycles. The third-order valence-corrected chi connectivity index (χ3v) is 3.11. The molecule has 1 rings (SSSR count). The molecule has 104 valence electrons. The van der Waals surface area contributed by atoms with Crippen LogP contribution in [0.25, 0.3) is 0 Å². The molecule has 0 aliphatic heterocycles. The molecular formula is C12H16N2O4S. The van der Waals surface area contributed by atoms with Crippen molar-refractivity contribution in [3.63, 3.8) is 0 Å². The number of aromatic hydroxyl groups is 1. The van der Waals surface area contributed by atoms with Crippen LogP contribution in [0.15, 0.2) is 18.2 Å². The standard InChI is InChI=1S/C12H16N2O4S/c1-19-5-4-9(13)11(16)14-10-3-2-7(15)6-8(10)12(17)18/h2-3,6,9,15H,4-5,13H2,1H3,(H,14,16)(H,17,18)/t9-/m0/s1. The molecule has 0 fully saturated rings. The van der Waals surface area contributed by atoms with E-state index in [1.165, 1.54) is 12.1 Å². The highest BCUT2D eigenvalue weighted by Crippen LogP contribution is 2.21. The summed E-state index contributed by atoms with van der Waals surface area (Å²) in [5.41, 5.74) is 5.63. The van der Waals surface area contributed by atoms with E-state index in [9.17, 15) is 14.7 Å². The molecule has 1 aromatic rings. The van der Waals surface area contributed by atoms with E-state index >= 15 is 0 Å². The number of nitrogens with one attached hydrogen (secondary N) is 1. The number of carbonyl (C=O) groups excluding carboxylic acids is 1. The molecule has 0 saturated heterocycles. The molecule has 1 atom stereocenters. The summed E-state index contributed by atoms with van der Waals surface area (Å²) in [5.74, 6) is -1.11. The second-order valence-electron chi connectivity index (χ2n) is 3.91. The molecule has 0 aromatic heterocycles. The lowest BCUT2D eigenvalue weighted by Gasteiger charge is -2.13. The lowest BCUT2D eigenvalue weighted by atomic mass is 10.1. The van der Waals surface area contributed by atoms with Crippen LogP contribution in [0.4, 0.5) is 5.69 Å². The quantitative estimate of drug-likeness (QED) is 0.582. The van der Waals surface area contributed by atoms with Crippen LogP contribution in [-0.4, -0.2) is 40.1 Å². The van der Waals surface area contributed by atoms with Gasteiger partial charge in [0.1, 0.15) is 5.75 Å². The molecule has 1 amide bonds. The fraction of sp³-hybridized carbons (Fsp3) is 0.333. The minimum Gasteiger partial charge on any atom is -0.508 e. The van der Waals surface area contributed by atoms with Crippen molar-refractivity contribution in [1.82, 2.24) is 0 Å². The number of rotatable bonds is 6. The minimum absolute atomic E-state index is 0.120. The number of carbonyl (C=O) groups is 2. The lowest BCUT2D eigenvalue weighted by molar-refractivity contribution is -0.117. The molecule has 0 unspecified atom stereocenters. The second-order valence-corrected chi connectivity index (χ2v) is 4.90. The zero-order valence-corrected chi connectivity index (χ0v) is 11.2. The first kappa shape index (κ1) is 15.3. The van der Waals surface area contributed by atoms with E-state index in [-0.39, 0.29) is 17.0 Å². The highest BCUT2D eigenvalue weighted by Gasteiger charge is 2.17. The minimum atomic E-state index is -1.23. The van der Waals surface area contributed by atoms with Crippen molar-refractivity contribution in [1.29, 1.82) is 0 Å². The Hall–Kier alpha value is -1.73. The highest BCUT2D eigenvalue weighted by molar-refractivity contribution is 7.98. The molecule has 0 aliphatic carbocycles. The van der Waals surface area contributed by atoms with Crippen LogP contribution < -0.4 is 11.1 Å². The van der Waals surface area contributed by atoms with Gasteiger partial charge < -0.3 is 21.3 Å². The number of aromatic carboxylic acids is 1. The monoisotopic (exact) mass is 284 g/mol. The number of phenols is 1. The largest absolute Gasteiger partial charge is 0.508 e. The molecule has 19 heavy (non-hydrogen) atoms. The van der Waals surface area contributed by atoms with Crippen LogP contribution in [0, 0.1) is 0 Å². The third kappa shape index (κ3) is 4.46. The topological polar surface area (TPSA) is 113 Å². The van der Waals surface area contributed by atoms with E-state index < -0.39 is 17.9 Å². The Morgan fingerprint density at radius 1 is 1.47 bits per heavy atom.